The average molecular weight is 527 g/mol. The Labute approximate surface area is 217 Å². The van der Waals surface area contributed by atoms with E-state index in [4.69, 9.17) is 23.2 Å². The Hall–Kier alpha value is -3.31. The van der Waals surface area contributed by atoms with Crippen LogP contribution >= 0.6 is 23.2 Å². The highest BCUT2D eigenvalue weighted by Gasteiger charge is 2.27. The number of carbonyl (C=O) groups excluding carboxylic acids is 1. The topological polar surface area (TPSA) is 114 Å². The lowest BCUT2D eigenvalue weighted by Crippen LogP contribution is -2.45. The van der Waals surface area contributed by atoms with Crippen molar-refractivity contribution in [3.05, 3.63) is 63.8 Å². The number of hydrazine groups is 1. The van der Waals surface area contributed by atoms with Crippen molar-refractivity contribution in [3.63, 3.8) is 0 Å². The molecule has 1 amide bonds. The fraction of sp³-hybridized carbons (Fsp3) is 0.292. The Morgan fingerprint density at radius 2 is 1.75 bits per heavy atom. The lowest BCUT2D eigenvalue weighted by Gasteiger charge is -2.26. The summed E-state index contributed by atoms with van der Waals surface area (Å²) in [7, 11) is 1.70. The molecule has 0 saturated carbocycles. The second-order valence-electron chi connectivity index (χ2n) is 8.51. The predicted molar refractivity (Wildman–Crippen MR) is 136 cm³/mol. The lowest BCUT2D eigenvalue weighted by molar-refractivity contribution is 0.0741. The third-order valence-electron chi connectivity index (χ3n) is 6.04. The molecular formula is C24H24Cl2N8O2. The number of halogens is 2. The fourth-order valence-electron chi connectivity index (χ4n) is 4.29. The number of nitrogens with one attached hydrogen (secondary N) is 1. The number of benzene rings is 2. The first-order valence-corrected chi connectivity index (χ1v) is 12.3. The van der Waals surface area contributed by atoms with Gasteiger partial charge in [-0.15, -0.1) is 10.2 Å². The minimum absolute atomic E-state index is 0.128. The third kappa shape index (κ3) is 4.85. The van der Waals surface area contributed by atoms with Gasteiger partial charge in [-0.25, -0.2) is 9.69 Å². The van der Waals surface area contributed by atoms with E-state index in [1.807, 2.05) is 29.3 Å². The minimum Gasteiger partial charge on any atom is -0.392 e. The van der Waals surface area contributed by atoms with Gasteiger partial charge in [-0.1, -0.05) is 53.9 Å². The number of carbonyl (C=O) groups is 1. The number of aliphatic hydroxyl groups excluding tert-OH is 1. The van der Waals surface area contributed by atoms with Crippen LogP contribution in [-0.4, -0.2) is 59.1 Å². The predicted octanol–water partition coefficient (Wildman–Crippen LogP) is 3.66. The van der Waals surface area contributed by atoms with Gasteiger partial charge in [-0.3, -0.25) is 10.2 Å². The van der Waals surface area contributed by atoms with Gasteiger partial charge in [0.2, 0.25) is 5.82 Å². The van der Waals surface area contributed by atoms with Crippen LogP contribution in [0.4, 0.5) is 0 Å². The van der Waals surface area contributed by atoms with Crippen LogP contribution < -0.4 is 5.43 Å². The van der Waals surface area contributed by atoms with Crippen molar-refractivity contribution in [1.29, 1.82) is 0 Å². The maximum Gasteiger partial charge on any atom is 0.286 e. The highest BCUT2D eigenvalue weighted by atomic mass is 35.5. The molecule has 3 heterocycles. The highest BCUT2D eigenvalue weighted by Crippen LogP contribution is 2.34. The highest BCUT2D eigenvalue weighted by molar-refractivity contribution is 6.35. The normalized spacial score (nSPS) is 14.2. The maximum atomic E-state index is 13.3. The second-order valence-corrected chi connectivity index (χ2v) is 9.35. The number of nitrogens with zero attached hydrogens (tertiary/aromatic N) is 7. The van der Waals surface area contributed by atoms with Crippen molar-refractivity contribution < 1.29 is 9.90 Å². The van der Waals surface area contributed by atoms with Gasteiger partial charge >= 0.3 is 0 Å². The van der Waals surface area contributed by atoms with Crippen LogP contribution in [-0.2, 0) is 13.7 Å². The summed E-state index contributed by atoms with van der Waals surface area (Å²) in [4.78, 5) is 14.7. The molecule has 0 spiro atoms. The molecular weight excluding hydrogens is 503 g/mol. The van der Waals surface area contributed by atoms with Crippen LogP contribution in [0.2, 0.25) is 10.0 Å². The summed E-state index contributed by atoms with van der Waals surface area (Å²) in [6.07, 6.45) is 3.17. The Bertz CT molecular complexity index is 1390. The molecule has 5 rings (SSSR count). The van der Waals surface area contributed by atoms with Gasteiger partial charge < -0.3 is 5.11 Å². The Balaban J connectivity index is 1.60. The number of hydrogen-bond donors (Lipinski definition) is 2. The molecule has 0 aliphatic carbocycles. The second kappa shape index (κ2) is 10.4. The molecule has 1 aliphatic heterocycles. The summed E-state index contributed by atoms with van der Waals surface area (Å²) in [5, 5.41) is 29.9. The first-order chi connectivity index (χ1) is 17.4. The van der Waals surface area contributed by atoms with Crippen molar-refractivity contribution >= 4 is 29.1 Å². The van der Waals surface area contributed by atoms with Gasteiger partial charge in [-0.2, -0.15) is 9.90 Å². The van der Waals surface area contributed by atoms with Gasteiger partial charge in [0.05, 0.1) is 30.1 Å². The number of tetrazole rings is 1. The molecule has 0 radical (unpaired) electrons. The Morgan fingerprint density at radius 3 is 2.39 bits per heavy atom. The monoisotopic (exact) mass is 526 g/mol. The van der Waals surface area contributed by atoms with Crippen molar-refractivity contribution in [3.8, 4) is 28.3 Å². The van der Waals surface area contributed by atoms with E-state index in [9.17, 15) is 9.90 Å². The van der Waals surface area contributed by atoms with E-state index < -0.39 is 6.61 Å². The molecule has 1 saturated heterocycles. The van der Waals surface area contributed by atoms with E-state index in [1.54, 1.807) is 29.9 Å². The first kappa shape index (κ1) is 24.4. The molecule has 36 heavy (non-hydrogen) atoms. The quantitative estimate of drug-likeness (QED) is 0.394. The fourth-order valence-corrected chi connectivity index (χ4v) is 4.77. The molecule has 0 atom stereocenters. The van der Waals surface area contributed by atoms with E-state index in [-0.39, 0.29) is 11.6 Å². The van der Waals surface area contributed by atoms with Crippen LogP contribution in [0.1, 0.15) is 35.3 Å². The lowest BCUT2D eigenvalue weighted by atomic mass is 10.0. The maximum absolute atomic E-state index is 13.3. The standard InChI is InChI=1S/C24H24Cl2N8O2/c1-32-29-23(27-31-32)16-7-5-15(6-8-16)22-18(14-35)21(24(36)30-33-11-3-2-4-12-33)28-34(22)20-10-9-17(25)13-19(20)26/h5-10,13,35H,2-4,11-12,14H2,1H3,(H,30,36). The summed E-state index contributed by atoms with van der Waals surface area (Å²) in [5.74, 6) is 0.105. The van der Waals surface area contributed by atoms with E-state index >= 15 is 0 Å². The number of hydrogen-bond acceptors (Lipinski definition) is 7. The number of aromatic nitrogens is 6. The zero-order valence-corrected chi connectivity index (χ0v) is 21.0. The largest absolute Gasteiger partial charge is 0.392 e. The van der Waals surface area contributed by atoms with E-state index in [1.165, 1.54) is 4.80 Å². The number of amides is 1. The summed E-state index contributed by atoms with van der Waals surface area (Å²) in [6, 6.07) is 12.4. The van der Waals surface area contributed by atoms with Crippen LogP contribution in [0.5, 0.6) is 0 Å². The molecule has 4 aromatic rings. The van der Waals surface area contributed by atoms with Crippen LogP contribution in [0.15, 0.2) is 42.5 Å². The molecule has 0 bridgehead atoms. The van der Waals surface area contributed by atoms with E-state index in [0.717, 1.165) is 43.5 Å². The summed E-state index contributed by atoms with van der Waals surface area (Å²) < 4.78 is 1.57. The molecule has 186 valence electrons. The zero-order valence-electron chi connectivity index (χ0n) is 19.5. The molecule has 12 heteroatoms. The van der Waals surface area contributed by atoms with Crippen LogP contribution in [0.25, 0.3) is 28.3 Å². The average Bonchev–Trinajstić information content (AvgIpc) is 3.48. The van der Waals surface area contributed by atoms with Gasteiger partial charge in [0.1, 0.15) is 0 Å². The smallest absolute Gasteiger partial charge is 0.286 e. The van der Waals surface area contributed by atoms with Crippen LogP contribution in [0, 0.1) is 0 Å². The number of aliphatic hydroxyl groups is 1. The van der Waals surface area contributed by atoms with Crippen molar-refractivity contribution in [2.75, 3.05) is 13.1 Å². The molecule has 2 N–H and O–H groups in total. The van der Waals surface area contributed by atoms with Gasteiger partial charge in [0.15, 0.2) is 5.69 Å². The molecule has 2 aromatic heterocycles. The zero-order chi connectivity index (χ0) is 25.2. The summed E-state index contributed by atoms with van der Waals surface area (Å²) in [6.45, 7) is 1.15. The number of aryl methyl sites for hydroxylation is 1. The Morgan fingerprint density at radius 1 is 1.03 bits per heavy atom. The molecule has 1 aliphatic rings. The number of rotatable bonds is 6. The van der Waals surface area contributed by atoms with Gasteiger partial charge in [0, 0.05) is 34.8 Å². The van der Waals surface area contributed by atoms with E-state index in [2.05, 4.69) is 25.9 Å². The first-order valence-electron chi connectivity index (χ1n) is 11.5. The third-order valence-corrected chi connectivity index (χ3v) is 6.57. The van der Waals surface area contributed by atoms with Gasteiger partial charge in [-0.05, 0) is 36.3 Å². The Kier molecular flexibility index (Phi) is 7.01. The summed E-state index contributed by atoms with van der Waals surface area (Å²) in [5.41, 5.74) is 6.03. The molecule has 2 aromatic carbocycles. The van der Waals surface area contributed by atoms with Crippen molar-refractivity contribution in [2.24, 2.45) is 7.05 Å². The van der Waals surface area contributed by atoms with Crippen molar-refractivity contribution in [1.82, 2.24) is 40.4 Å². The van der Waals surface area contributed by atoms with E-state index in [0.29, 0.717) is 32.8 Å². The SMILES string of the molecule is Cn1nnc(-c2ccc(-c3c(CO)c(C(=O)NN4CCCCC4)nn3-c3ccc(Cl)cc3Cl)cc2)n1. The molecule has 10 nitrogen and oxygen atoms in total. The van der Waals surface area contributed by atoms with Crippen LogP contribution in [0.3, 0.4) is 0 Å². The van der Waals surface area contributed by atoms with Crippen molar-refractivity contribution in [2.45, 2.75) is 25.9 Å². The molecule has 0 unspecified atom stereocenters. The molecule has 1 fully saturated rings. The summed E-state index contributed by atoms with van der Waals surface area (Å²) >= 11 is 12.6. The minimum atomic E-state index is -0.392. The van der Waals surface area contributed by atoms with Gasteiger partial charge in [0.25, 0.3) is 5.91 Å². The number of piperidine rings is 1.